The van der Waals surface area contributed by atoms with E-state index in [1.165, 1.54) is 11.3 Å². The average molecular weight is 538 g/mol. The number of ether oxygens (including phenoxy) is 1. The van der Waals surface area contributed by atoms with Crippen LogP contribution in [-0.2, 0) is 6.54 Å². The molecule has 0 fully saturated rings. The molecular formula is C23H19BrCl2N2O2S. The molecule has 3 aromatic carbocycles. The maximum absolute atomic E-state index is 9.72. The first-order valence-corrected chi connectivity index (χ1v) is 10.8. The highest BCUT2D eigenvalue weighted by Crippen LogP contribution is 2.37. The van der Waals surface area contributed by atoms with Crippen LogP contribution >= 0.6 is 51.5 Å². The summed E-state index contributed by atoms with van der Waals surface area (Å²) in [5, 5.41) is 11.7. The predicted molar refractivity (Wildman–Crippen MR) is 133 cm³/mol. The number of hydrogen-bond donors (Lipinski definition) is 1. The van der Waals surface area contributed by atoms with Gasteiger partial charge in [0.2, 0.25) is 5.06 Å². The van der Waals surface area contributed by atoms with E-state index in [9.17, 15) is 5.11 Å². The zero-order valence-corrected chi connectivity index (χ0v) is 20.3. The molecule has 0 bridgehead atoms. The summed E-state index contributed by atoms with van der Waals surface area (Å²) in [7, 11) is 0. The predicted octanol–water partition coefficient (Wildman–Crippen LogP) is 7.12. The van der Waals surface area contributed by atoms with Gasteiger partial charge in [-0.15, -0.1) is 17.0 Å². The maximum atomic E-state index is 9.72. The molecule has 4 nitrogen and oxygen atoms in total. The Kier molecular flexibility index (Phi) is 8.35. The van der Waals surface area contributed by atoms with Gasteiger partial charge in [-0.3, -0.25) is 0 Å². The Morgan fingerprint density at radius 2 is 1.48 bits per heavy atom. The van der Waals surface area contributed by atoms with Gasteiger partial charge in [-0.25, -0.2) is 4.99 Å². The van der Waals surface area contributed by atoms with Crippen LogP contribution in [-0.4, -0.2) is 16.3 Å². The van der Waals surface area contributed by atoms with Crippen molar-refractivity contribution in [2.24, 2.45) is 4.99 Å². The van der Waals surface area contributed by atoms with Gasteiger partial charge in [0.05, 0.1) is 12.3 Å². The highest BCUT2D eigenvalue weighted by molar-refractivity contribution is 8.93. The smallest absolute Gasteiger partial charge is 0.208 e. The lowest BCUT2D eigenvalue weighted by Crippen LogP contribution is -2.17. The summed E-state index contributed by atoms with van der Waals surface area (Å²) in [6, 6.07) is 24.4. The monoisotopic (exact) mass is 536 g/mol. The van der Waals surface area contributed by atoms with Gasteiger partial charge in [0.25, 0.3) is 0 Å². The van der Waals surface area contributed by atoms with Crippen molar-refractivity contribution in [1.29, 1.82) is 0 Å². The fraction of sp³-hybridized carbons (Fsp3) is 0.0870. The molecule has 1 aromatic heterocycles. The summed E-state index contributed by atoms with van der Waals surface area (Å²) >= 11 is 13.5. The van der Waals surface area contributed by atoms with Crippen LogP contribution < -0.4 is 9.54 Å². The zero-order chi connectivity index (χ0) is 20.9. The molecule has 0 unspecified atom stereocenters. The number of aliphatic hydroxyl groups is 1. The van der Waals surface area contributed by atoms with Crippen molar-refractivity contribution in [1.82, 2.24) is 4.57 Å². The third-order valence-corrected chi connectivity index (χ3v) is 5.78. The average Bonchev–Trinajstić information content (AvgIpc) is 3.08. The van der Waals surface area contributed by atoms with Gasteiger partial charge in [-0.1, -0.05) is 64.9 Å². The second kappa shape index (κ2) is 11.0. The summed E-state index contributed by atoms with van der Waals surface area (Å²) in [6.07, 6.45) is 0. The number of rotatable bonds is 6. The molecule has 1 N–H and O–H groups in total. The molecule has 0 radical (unpaired) electrons. The normalized spacial score (nSPS) is 11.3. The van der Waals surface area contributed by atoms with Crippen LogP contribution in [0.2, 0.25) is 10.0 Å². The molecule has 0 atom stereocenters. The number of para-hydroxylation sites is 1. The van der Waals surface area contributed by atoms with Gasteiger partial charge in [-0.2, -0.15) is 0 Å². The Morgan fingerprint density at radius 1 is 0.871 bits per heavy atom. The van der Waals surface area contributed by atoms with Gasteiger partial charge in [0, 0.05) is 22.2 Å². The number of benzene rings is 3. The van der Waals surface area contributed by atoms with Crippen LogP contribution in [0, 0.1) is 0 Å². The molecule has 4 rings (SSSR count). The second-order valence-corrected chi connectivity index (χ2v) is 8.22. The van der Waals surface area contributed by atoms with E-state index < -0.39 is 0 Å². The molecular weight excluding hydrogens is 519 g/mol. The number of hydrogen-bond acceptors (Lipinski definition) is 4. The number of thiazole rings is 1. The summed E-state index contributed by atoms with van der Waals surface area (Å²) in [5.41, 5.74) is 2.57. The quantitative estimate of drug-likeness (QED) is 0.284. The van der Waals surface area contributed by atoms with E-state index in [0.29, 0.717) is 27.4 Å². The van der Waals surface area contributed by atoms with Crippen LogP contribution in [0.25, 0.3) is 11.3 Å². The maximum Gasteiger partial charge on any atom is 0.208 e. The van der Waals surface area contributed by atoms with Crippen LogP contribution in [0.5, 0.6) is 10.8 Å². The van der Waals surface area contributed by atoms with E-state index in [1.807, 2.05) is 71.3 Å². The first-order chi connectivity index (χ1) is 14.6. The summed E-state index contributed by atoms with van der Waals surface area (Å²) in [6.45, 7) is 0.351. The summed E-state index contributed by atoms with van der Waals surface area (Å²) in [5.74, 6) is 0.665. The molecule has 0 saturated heterocycles. The Labute approximate surface area is 204 Å². The van der Waals surface area contributed by atoms with E-state index >= 15 is 0 Å². The number of aromatic nitrogens is 1. The fourth-order valence-corrected chi connectivity index (χ4v) is 4.28. The van der Waals surface area contributed by atoms with E-state index in [0.717, 1.165) is 21.7 Å². The minimum Gasteiger partial charge on any atom is -0.444 e. The van der Waals surface area contributed by atoms with Crippen molar-refractivity contribution in [2.75, 3.05) is 6.61 Å². The molecule has 1 heterocycles. The molecule has 0 aliphatic rings. The Bertz CT molecular complexity index is 1190. The lowest BCUT2D eigenvalue weighted by Gasteiger charge is -2.11. The van der Waals surface area contributed by atoms with Gasteiger partial charge in [0.15, 0.2) is 4.80 Å². The lowest BCUT2D eigenvalue weighted by molar-refractivity contribution is 0.275. The number of aliphatic hydroxyl groups excluding tert-OH is 1. The number of nitrogens with zero attached hydrogens (tertiary/aromatic N) is 2. The van der Waals surface area contributed by atoms with E-state index in [4.69, 9.17) is 32.9 Å². The number of halogens is 3. The molecule has 160 valence electrons. The highest BCUT2D eigenvalue weighted by atomic mass is 79.9. The summed E-state index contributed by atoms with van der Waals surface area (Å²) in [4.78, 5) is 5.51. The van der Waals surface area contributed by atoms with Crippen molar-refractivity contribution in [3.8, 4) is 22.1 Å². The Hall–Kier alpha value is -2.09. The van der Waals surface area contributed by atoms with Gasteiger partial charge >= 0.3 is 0 Å². The molecule has 0 spiro atoms. The van der Waals surface area contributed by atoms with Crippen molar-refractivity contribution in [3.63, 3.8) is 0 Å². The van der Waals surface area contributed by atoms with E-state index in [1.54, 1.807) is 12.1 Å². The van der Waals surface area contributed by atoms with Crippen molar-refractivity contribution in [3.05, 3.63) is 93.7 Å². The van der Waals surface area contributed by atoms with Crippen LogP contribution in [0.1, 0.15) is 0 Å². The third-order valence-electron chi connectivity index (χ3n) is 4.32. The minimum absolute atomic E-state index is 0. The molecule has 0 saturated carbocycles. The molecule has 8 heteroatoms. The van der Waals surface area contributed by atoms with Gasteiger partial charge < -0.3 is 14.4 Å². The minimum atomic E-state index is -0.0281. The lowest BCUT2D eigenvalue weighted by atomic mass is 10.1. The molecule has 0 amide bonds. The van der Waals surface area contributed by atoms with Gasteiger partial charge in [-0.05, 0) is 48.5 Å². The summed E-state index contributed by atoms with van der Waals surface area (Å²) < 4.78 is 8.18. The topological polar surface area (TPSA) is 46.8 Å². The molecule has 4 aromatic rings. The van der Waals surface area contributed by atoms with Crippen LogP contribution in [0.3, 0.4) is 0 Å². The van der Waals surface area contributed by atoms with E-state index in [-0.39, 0.29) is 23.6 Å². The molecule has 31 heavy (non-hydrogen) atoms. The second-order valence-electron chi connectivity index (χ2n) is 6.41. The Balaban J connectivity index is 0.00000272. The first-order valence-electron chi connectivity index (χ1n) is 9.27. The molecule has 0 aliphatic carbocycles. The Morgan fingerprint density at radius 3 is 2.10 bits per heavy atom. The zero-order valence-electron chi connectivity index (χ0n) is 16.2. The van der Waals surface area contributed by atoms with Crippen molar-refractivity contribution >= 4 is 57.2 Å². The largest absolute Gasteiger partial charge is 0.444 e. The molecule has 0 aliphatic heterocycles. The van der Waals surface area contributed by atoms with Crippen molar-refractivity contribution in [2.45, 2.75) is 6.54 Å². The first kappa shape index (κ1) is 23.6. The SMILES string of the molecule is Br.OCCn1c(-c2ccc(Cl)cc2)c(Oc2ccc(Cl)cc2)sc1=Nc1ccccc1. The van der Waals surface area contributed by atoms with Crippen LogP contribution in [0.4, 0.5) is 5.69 Å². The third kappa shape index (κ3) is 5.79. The highest BCUT2D eigenvalue weighted by Gasteiger charge is 2.18. The van der Waals surface area contributed by atoms with Crippen LogP contribution in [0.15, 0.2) is 83.9 Å². The van der Waals surface area contributed by atoms with E-state index in [2.05, 4.69) is 0 Å². The fourth-order valence-electron chi connectivity index (χ4n) is 2.96. The van der Waals surface area contributed by atoms with Gasteiger partial charge in [0.1, 0.15) is 11.4 Å². The standard InChI is InChI=1S/C23H18Cl2N2O2S.BrH/c24-17-8-6-16(7-9-17)21-22(29-20-12-10-18(25)11-13-20)30-23(27(21)14-15-28)26-19-4-2-1-3-5-19;/h1-13,28H,14-15H2;1H. The van der Waals surface area contributed by atoms with Crippen molar-refractivity contribution < 1.29 is 9.84 Å².